The minimum Gasteiger partial charge on any atom is -0.385 e. The lowest BCUT2D eigenvalue weighted by molar-refractivity contribution is -0.191. The van der Waals surface area contributed by atoms with Crippen LogP contribution in [0.25, 0.3) is 0 Å². The first kappa shape index (κ1) is 20.9. The van der Waals surface area contributed by atoms with Crippen LogP contribution in [0.15, 0.2) is 60.7 Å². The number of hydrogen-bond donors (Lipinski definition) is 1. The number of hydrogen-bond acceptors (Lipinski definition) is 6. The van der Waals surface area contributed by atoms with E-state index in [1.54, 1.807) is 14.2 Å². The number of aliphatic hydroxyl groups excluding tert-OH is 1. The van der Waals surface area contributed by atoms with Gasteiger partial charge in [-0.3, -0.25) is 0 Å². The fourth-order valence-electron chi connectivity index (χ4n) is 3.29. The van der Waals surface area contributed by atoms with Gasteiger partial charge in [-0.1, -0.05) is 60.7 Å². The summed E-state index contributed by atoms with van der Waals surface area (Å²) in [4.78, 5) is 0. The lowest BCUT2D eigenvalue weighted by Crippen LogP contribution is -2.43. The maximum absolute atomic E-state index is 10.6. The zero-order valence-electron chi connectivity index (χ0n) is 16.3. The van der Waals surface area contributed by atoms with Gasteiger partial charge in [-0.2, -0.15) is 0 Å². The Labute approximate surface area is 165 Å². The summed E-state index contributed by atoms with van der Waals surface area (Å²) in [7, 11) is 3.14. The van der Waals surface area contributed by atoms with E-state index in [0.717, 1.165) is 11.1 Å². The molecule has 152 valence electrons. The summed E-state index contributed by atoms with van der Waals surface area (Å²) < 4.78 is 28.6. The van der Waals surface area contributed by atoms with Crippen molar-refractivity contribution in [1.29, 1.82) is 0 Å². The first-order valence-electron chi connectivity index (χ1n) is 9.39. The van der Waals surface area contributed by atoms with Crippen LogP contribution in [0.4, 0.5) is 0 Å². The van der Waals surface area contributed by atoms with Gasteiger partial charge in [0.05, 0.1) is 19.8 Å². The minimum absolute atomic E-state index is 0.314. The lowest BCUT2D eigenvalue weighted by atomic mass is 10.1. The minimum atomic E-state index is -0.912. The van der Waals surface area contributed by atoms with E-state index in [1.807, 2.05) is 60.7 Å². The van der Waals surface area contributed by atoms with Crippen LogP contribution in [-0.2, 0) is 36.9 Å². The van der Waals surface area contributed by atoms with Gasteiger partial charge in [0.25, 0.3) is 0 Å². The molecule has 0 spiro atoms. The molecule has 6 nitrogen and oxygen atoms in total. The Bertz CT molecular complexity index is 680. The third kappa shape index (κ3) is 5.38. The normalized spacial score (nSPS) is 25.7. The van der Waals surface area contributed by atoms with Gasteiger partial charge in [-0.05, 0) is 11.1 Å². The molecule has 6 heteroatoms. The van der Waals surface area contributed by atoms with Gasteiger partial charge in [0.1, 0.15) is 24.4 Å². The molecule has 1 heterocycles. The molecule has 28 heavy (non-hydrogen) atoms. The van der Waals surface area contributed by atoms with Crippen LogP contribution < -0.4 is 0 Å². The number of aliphatic hydroxyl groups is 1. The van der Waals surface area contributed by atoms with Crippen molar-refractivity contribution < 1.29 is 28.8 Å². The second kappa shape index (κ2) is 10.7. The molecule has 0 radical (unpaired) electrons. The Balaban J connectivity index is 1.55. The molecule has 2 aromatic carbocycles. The molecular weight excluding hydrogens is 360 g/mol. The van der Waals surface area contributed by atoms with Gasteiger partial charge < -0.3 is 28.8 Å². The molecule has 1 aliphatic heterocycles. The van der Waals surface area contributed by atoms with E-state index in [2.05, 4.69) is 0 Å². The molecule has 0 unspecified atom stereocenters. The van der Waals surface area contributed by atoms with Gasteiger partial charge in [-0.15, -0.1) is 0 Å². The second-order valence-electron chi connectivity index (χ2n) is 6.73. The van der Waals surface area contributed by atoms with Gasteiger partial charge >= 0.3 is 0 Å². The summed E-state index contributed by atoms with van der Waals surface area (Å²) in [5, 5.41) is 10.6. The van der Waals surface area contributed by atoms with E-state index >= 15 is 0 Å². The molecule has 1 saturated heterocycles. The molecule has 3 rings (SSSR count). The number of benzene rings is 2. The van der Waals surface area contributed by atoms with Crippen molar-refractivity contribution in [3.63, 3.8) is 0 Å². The van der Waals surface area contributed by atoms with Crippen LogP contribution in [0.5, 0.6) is 0 Å². The molecule has 2 aromatic rings. The summed E-state index contributed by atoms with van der Waals surface area (Å²) in [6.45, 7) is 1.13. The van der Waals surface area contributed by atoms with Crippen molar-refractivity contribution in [3.8, 4) is 0 Å². The van der Waals surface area contributed by atoms with Crippen molar-refractivity contribution >= 4 is 0 Å². The van der Waals surface area contributed by atoms with Gasteiger partial charge in [0.15, 0.2) is 6.29 Å². The van der Waals surface area contributed by atoms with Crippen molar-refractivity contribution in [1.82, 2.24) is 0 Å². The van der Waals surface area contributed by atoms with Crippen molar-refractivity contribution in [2.24, 2.45) is 0 Å². The maximum Gasteiger partial charge on any atom is 0.187 e. The largest absolute Gasteiger partial charge is 0.385 e. The third-order valence-corrected chi connectivity index (χ3v) is 4.82. The molecule has 0 amide bonds. The highest BCUT2D eigenvalue weighted by Gasteiger charge is 2.48. The molecule has 0 aliphatic carbocycles. The summed E-state index contributed by atoms with van der Waals surface area (Å²) in [5.74, 6) is 0. The summed E-state index contributed by atoms with van der Waals surface area (Å²) in [5.41, 5.74) is 2.09. The van der Waals surface area contributed by atoms with Gasteiger partial charge in [0.2, 0.25) is 0 Å². The van der Waals surface area contributed by atoms with Crippen LogP contribution in [0, 0.1) is 0 Å². The smallest absolute Gasteiger partial charge is 0.187 e. The van der Waals surface area contributed by atoms with Gasteiger partial charge in [-0.25, -0.2) is 0 Å². The van der Waals surface area contributed by atoms with E-state index in [0.29, 0.717) is 19.8 Å². The predicted molar refractivity (Wildman–Crippen MR) is 104 cm³/mol. The highest BCUT2D eigenvalue weighted by Crippen LogP contribution is 2.28. The summed E-state index contributed by atoms with van der Waals surface area (Å²) >= 11 is 0. The number of rotatable bonds is 10. The average molecular weight is 388 g/mol. The zero-order valence-corrected chi connectivity index (χ0v) is 16.3. The van der Waals surface area contributed by atoms with E-state index in [9.17, 15) is 5.11 Å². The van der Waals surface area contributed by atoms with Crippen LogP contribution in [0.3, 0.4) is 0 Å². The Morgan fingerprint density at radius 2 is 1.54 bits per heavy atom. The monoisotopic (exact) mass is 388 g/mol. The lowest BCUT2D eigenvalue weighted by Gasteiger charge is -2.26. The highest BCUT2D eigenvalue weighted by molar-refractivity contribution is 5.14. The predicted octanol–water partition coefficient (Wildman–Crippen LogP) is 2.54. The highest BCUT2D eigenvalue weighted by atomic mass is 16.7. The fourth-order valence-corrected chi connectivity index (χ4v) is 3.29. The molecule has 1 N–H and O–H groups in total. The maximum atomic E-state index is 10.6. The average Bonchev–Trinajstić information content (AvgIpc) is 3.06. The number of methoxy groups -OCH3 is 2. The molecule has 0 saturated carbocycles. The van der Waals surface area contributed by atoms with Crippen LogP contribution in [-0.4, -0.2) is 56.6 Å². The molecular formula is C22H28O6. The Morgan fingerprint density at radius 1 is 0.929 bits per heavy atom. The van der Waals surface area contributed by atoms with E-state index in [4.69, 9.17) is 23.7 Å². The van der Waals surface area contributed by atoms with E-state index in [1.165, 1.54) is 0 Å². The first-order chi connectivity index (χ1) is 13.7. The quantitative estimate of drug-likeness (QED) is 0.675. The SMILES string of the molecule is CO[C@@H]1[C@@H](O)[C@@H](OCc2ccccc2)O[C@@H]1[C@@H](COCc1ccccc1)OC. The standard InChI is InChI=1S/C22H28O6/c1-24-18(15-26-13-16-9-5-3-6-10-16)20-21(25-2)19(23)22(28-20)27-14-17-11-7-4-8-12-17/h3-12,18-23H,13-15H2,1-2H3/t18-,19-,20-,21-,22+/m1/s1. The van der Waals surface area contributed by atoms with E-state index < -0.39 is 30.7 Å². The summed E-state index contributed by atoms with van der Waals surface area (Å²) in [6, 6.07) is 19.7. The Hall–Kier alpha value is -1.80. The topological polar surface area (TPSA) is 66.4 Å². The summed E-state index contributed by atoms with van der Waals surface area (Å²) in [6.07, 6.45) is -3.16. The molecule has 1 fully saturated rings. The van der Waals surface area contributed by atoms with Crippen LogP contribution in [0.1, 0.15) is 11.1 Å². The molecule has 1 aliphatic rings. The fraction of sp³-hybridized carbons (Fsp3) is 0.455. The van der Waals surface area contributed by atoms with Crippen LogP contribution >= 0.6 is 0 Å². The van der Waals surface area contributed by atoms with Gasteiger partial charge in [0, 0.05) is 14.2 Å². The van der Waals surface area contributed by atoms with Crippen molar-refractivity contribution in [2.75, 3.05) is 20.8 Å². The Morgan fingerprint density at radius 3 is 2.11 bits per heavy atom. The zero-order chi connectivity index (χ0) is 19.8. The van der Waals surface area contributed by atoms with Crippen LogP contribution in [0.2, 0.25) is 0 Å². The third-order valence-electron chi connectivity index (χ3n) is 4.82. The molecule has 0 bridgehead atoms. The molecule has 0 aromatic heterocycles. The molecule has 5 atom stereocenters. The van der Waals surface area contributed by atoms with Crippen molar-refractivity contribution in [3.05, 3.63) is 71.8 Å². The van der Waals surface area contributed by atoms with E-state index in [-0.39, 0.29) is 0 Å². The van der Waals surface area contributed by atoms with Crippen molar-refractivity contribution in [2.45, 2.75) is 43.9 Å². The Kier molecular flexibility index (Phi) is 7.97. The number of ether oxygens (including phenoxy) is 5. The first-order valence-corrected chi connectivity index (χ1v) is 9.39. The second-order valence-corrected chi connectivity index (χ2v) is 6.73.